The molecular formula is C9H12. The minimum atomic E-state index is 1.88. The van der Waals surface area contributed by atoms with Crippen LogP contribution in [0.4, 0.5) is 0 Å². The lowest BCUT2D eigenvalue weighted by Gasteiger charge is -1.60. The van der Waals surface area contributed by atoms with Gasteiger partial charge < -0.3 is 0 Å². The fourth-order valence-corrected chi connectivity index (χ4v) is 0.406. The number of hydrogen-bond acceptors (Lipinski definition) is 0. The van der Waals surface area contributed by atoms with Crippen molar-refractivity contribution < 1.29 is 0 Å². The Kier molecular flexibility index (Phi) is 6.22. The molecule has 0 atom stereocenters. The second kappa shape index (κ2) is 7.00. The highest BCUT2D eigenvalue weighted by Crippen LogP contribution is 1.83. The van der Waals surface area contributed by atoms with Gasteiger partial charge in [-0.15, -0.1) is 5.73 Å². The van der Waals surface area contributed by atoms with Gasteiger partial charge in [-0.1, -0.05) is 38.2 Å². The zero-order valence-corrected chi connectivity index (χ0v) is 5.96. The van der Waals surface area contributed by atoms with Gasteiger partial charge in [-0.2, -0.15) is 0 Å². The Morgan fingerprint density at radius 2 is 1.22 bits per heavy atom. The Labute approximate surface area is 56.9 Å². The third-order valence-electron chi connectivity index (χ3n) is 0.718. The van der Waals surface area contributed by atoms with E-state index >= 15 is 0 Å². The van der Waals surface area contributed by atoms with Gasteiger partial charge in [0, 0.05) is 0 Å². The zero-order valence-electron chi connectivity index (χ0n) is 5.96. The molecule has 9 heavy (non-hydrogen) atoms. The van der Waals surface area contributed by atoms with Crippen LogP contribution < -0.4 is 0 Å². The molecule has 0 N–H and O–H groups in total. The van der Waals surface area contributed by atoms with Gasteiger partial charge in [0.15, 0.2) is 0 Å². The summed E-state index contributed by atoms with van der Waals surface area (Å²) in [6.07, 6.45) is 11.6. The SMILES string of the molecule is C1=CC=CC=CC=1.CC. The van der Waals surface area contributed by atoms with Crippen LogP contribution in [0, 0.1) is 0 Å². The number of rotatable bonds is 0. The summed E-state index contributed by atoms with van der Waals surface area (Å²) < 4.78 is 0. The first kappa shape index (κ1) is 8.00. The Hall–Kier alpha value is -1.00. The van der Waals surface area contributed by atoms with Crippen molar-refractivity contribution in [1.29, 1.82) is 0 Å². The van der Waals surface area contributed by atoms with E-state index in [1.165, 1.54) is 0 Å². The Morgan fingerprint density at radius 3 is 1.67 bits per heavy atom. The van der Waals surface area contributed by atoms with Gasteiger partial charge in [0.2, 0.25) is 0 Å². The molecule has 0 saturated heterocycles. The van der Waals surface area contributed by atoms with E-state index in [-0.39, 0.29) is 0 Å². The molecule has 0 saturated carbocycles. The van der Waals surface area contributed by atoms with Crippen LogP contribution in [0.3, 0.4) is 0 Å². The molecule has 0 unspecified atom stereocenters. The maximum absolute atomic E-state index is 2.92. The van der Waals surface area contributed by atoms with E-state index in [1.807, 2.05) is 50.3 Å². The standard InChI is InChI=1S/C7H6.C2H6/c1-2-4-6-7-5-3-1;1-2/h1-6H;1-2H3. The molecule has 48 valence electrons. The maximum Gasteiger partial charge on any atom is -0.0200 e. The highest BCUT2D eigenvalue weighted by atomic mass is 13.7. The smallest absolute Gasteiger partial charge is 0.0200 e. The molecule has 1 aliphatic rings. The molecule has 0 heteroatoms. The van der Waals surface area contributed by atoms with E-state index in [2.05, 4.69) is 5.73 Å². The lowest BCUT2D eigenvalue weighted by molar-refractivity contribution is 1.50. The molecule has 0 nitrogen and oxygen atoms in total. The third-order valence-corrected chi connectivity index (χ3v) is 0.718. The molecule has 0 aromatic rings. The molecule has 0 aromatic heterocycles. The second-order valence-corrected chi connectivity index (χ2v) is 1.27. The molecule has 0 aromatic carbocycles. The van der Waals surface area contributed by atoms with Crippen molar-refractivity contribution in [2.75, 3.05) is 0 Å². The van der Waals surface area contributed by atoms with Crippen LogP contribution in [0.15, 0.2) is 42.2 Å². The van der Waals surface area contributed by atoms with Crippen LogP contribution in [-0.4, -0.2) is 0 Å². The van der Waals surface area contributed by atoms with Crippen LogP contribution >= 0.6 is 0 Å². The fourth-order valence-electron chi connectivity index (χ4n) is 0.406. The predicted molar refractivity (Wildman–Crippen MR) is 42.3 cm³/mol. The summed E-state index contributed by atoms with van der Waals surface area (Å²) in [4.78, 5) is 0. The van der Waals surface area contributed by atoms with Crippen LogP contribution in [0.2, 0.25) is 0 Å². The average molecular weight is 120 g/mol. The van der Waals surface area contributed by atoms with Crippen molar-refractivity contribution in [3.8, 4) is 0 Å². The van der Waals surface area contributed by atoms with Crippen molar-refractivity contribution in [3.63, 3.8) is 0 Å². The lowest BCUT2D eigenvalue weighted by Crippen LogP contribution is -1.40. The number of allylic oxidation sites excluding steroid dienone is 5. The van der Waals surface area contributed by atoms with Crippen molar-refractivity contribution in [3.05, 3.63) is 42.2 Å². The average Bonchev–Trinajstić information content (AvgIpc) is 2.21. The molecule has 0 aliphatic heterocycles. The first-order valence-electron chi connectivity index (χ1n) is 3.24. The molecular weight excluding hydrogens is 108 g/mol. The van der Waals surface area contributed by atoms with Gasteiger partial charge >= 0.3 is 0 Å². The molecule has 0 radical (unpaired) electrons. The van der Waals surface area contributed by atoms with Crippen molar-refractivity contribution >= 4 is 0 Å². The van der Waals surface area contributed by atoms with Gasteiger partial charge in [-0.3, -0.25) is 0 Å². The molecule has 1 rings (SSSR count). The number of hydrogen-bond donors (Lipinski definition) is 0. The molecule has 0 fully saturated rings. The van der Waals surface area contributed by atoms with Gasteiger partial charge in [0.1, 0.15) is 0 Å². The van der Waals surface area contributed by atoms with E-state index < -0.39 is 0 Å². The minimum Gasteiger partial charge on any atom is -0.121 e. The Balaban J connectivity index is 0.000000291. The van der Waals surface area contributed by atoms with Crippen molar-refractivity contribution in [1.82, 2.24) is 0 Å². The van der Waals surface area contributed by atoms with Gasteiger partial charge in [-0.05, 0) is 12.2 Å². The van der Waals surface area contributed by atoms with Crippen LogP contribution in [-0.2, 0) is 0 Å². The van der Waals surface area contributed by atoms with Crippen LogP contribution in [0.1, 0.15) is 13.8 Å². The normalized spacial score (nSPS) is 12.2. The topological polar surface area (TPSA) is 0 Å². The highest BCUT2D eigenvalue weighted by Gasteiger charge is 1.62. The molecule has 0 amide bonds. The van der Waals surface area contributed by atoms with E-state index in [1.54, 1.807) is 0 Å². The van der Waals surface area contributed by atoms with Gasteiger partial charge in [0.05, 0.1) is 0 Å². The van der Waals surface area contributed by atoms with Crippen LogP contribution in [0.25, 0.3) is 0 Å². The first-order valence-corrected chi connectivity index (χ1v) is 3.24. The molecule has 0 spiro atoms. The third kappa shape index (κ3) is 4.86. The monoisotopic (exact) mass is 120 g/mol. The summed E-state index contributed by atoms with van der Waals surface area (Å²) in [5, 5.41) is 0. The van der Waals surface area contributed by atoms with E-state index in [4.69, 9.17) is 0 Å². The largest absolute Gasteiger partial charge is 0.121 e. The zero-order chi connectivity index (χ0) is 6.95. The Morgan fingerprint density at radius 1 is 0.778 bits per heavy atom. The van der Waals surface area contributed by atoms with Crippen LogP contribution in [0.5, 0.6) is 0 Å². The first-order chi connectivity index (χ1) is 4.50. The fraction of sp³-hybridized carbons (Fsp3) is 0.222. The molecule has 0 heterocycles. The molecule has 1 aliphatic carbocycles. The summed E-state index contributed by atoms with van der Waals surface area (Å²) in [6.45, 7) is 4.00. The summed E-state index contributed by atoms with van der Waals surface area (Å²) in [5.41, 5.74) is 2.92. The van der Waals surface area contributed by atoms with Gasteiger partial charge in [0.25, 0.3) is 0 Å². The maximum atomic E-state index is 2.92. The quantitative estimate of drug-likeness (QED) is 0.431. The van der Waals surface area contributed by atoms with Gasteiger partial charge in [-0.25, -0.2) is 0 Å². The second-order valence-electron chi connectivity index (χ2n) is 1.27. The predicted octanol–water partition coefficient (Wildman–Crippen LogP) is 2.85. The van der Waals surface area contributed by atoms with E-state index in [9.17, 15) is 0 Å². The minimum absolute atomic E-state index is 1.88. The summed E-state index contributed by atoms with van der Waals surface area (Å²) in [6, 6.07) is 0. The van der Waals surface area contributed by atoms with E-state index in [0.717, 1.165) is 0 Å². The van der Waals surface area contributed by atoms with Crippen molar-refractivity contribution in [2.24, 2.45) is 0 Å². The Bertz CT molecular complexity index is 137. The summed E-state index contributed by atoms with van der Waals surface area (Å²) in [7, 11) is 0. The summed E-state index contributed by atoms with van der Waals surface area (Å²) in [5.74, 6) is 0. The molecule has 0 bridgehead atoms. The summed E-state index contributed by atoms with van der Waals surface area (Å²) >= 11 is 0. The lowest BCUT2D eigenvalue weighted by atomic mass is 10.5. The van der Waals surface area contributed by atoms with Crippen molar-refractivity contribution in [2.45, 2.75) is 13.8 Å². The highest BCUT2D eigenvalue weighted by molar-refractivity contribution is 5.19. The van der Waals surface area contributed by atoms with E-state index in [0.29, 0.717) is 0 Å².